The summed E-state index contributed by atoms with van der Waals surface area (Å²) in [6.07, 6.45) is 0. The summed E-state index contributed by atoms with van der Waals surface area (Å²) in [6.45, 7) is 4.63. The van der Waals surface area contributed by atoms with Crippen LogP contribution in [-0.2, 0) is 6.54 Å². The molecule has 0 bridgehead atoms. The molecule has 2 aromatic heterocycles. The van der Waals surface area contributed by atoms with E-state index in [0.717, 1.165) is 15.0 Å². The largest absolute Gasteiger partial charge is 0.337 e. The summed E-state index contributed by atoms with van der Waals surface area (Å²) in [5.74, 6) is 0.180. The second-order valence-electron chi connectivity index (χ2n) is 5.15. The molecule has 6 heteroatoms. The SMILES string of the molecule is CC(C)c1cc(C(=O)N(C)Cc2cc(Br)cs2)cc(Cl)n1. The highest BCUT2D eigenvalue weighted by Crippen LogP contribution is 2.22. The van der Waals surface area contributed by atoms with Crippen LogP contribution in [0.3, 0.4) is 0 Å². The molecule has 1 amide bonds. The van der Waals surface area contributed by atoms with Crippen molar-refractivity contribution in [2.45, 2.75) is 26.3 Å². The molecule has 0 aliphatic heterocycles. The van der Waals surface area contributed by atoms with Crippen LogP contribution in [0.15, 0.2) is 28.1 Å². The number of hydrogen-bond donors (Lipinski definition) is 0. The van der Waals surface area contributed by atoms with E-state index in [1.165, 1.54) is 0 Å². The zero-order valence-corrected chi connectivity index (χ0v) is 15.2. The number of hydrogen-bond acceptors (Lipinski definition) is 3. The van der Waals surface area contributed by atoms with E-state index in [2.05, 4.69) is 20.9 Å². The fourth-order valence-corrected chi connectivity index (χ4v) is 3.62. The molecule has 0 atom stereocenters. The number of amides is 1. The van der Waals surface area contributed by atoms with Gasteiger partial charge in [-0.25, -0.2) is 4.98 Å². The molecule has 0 aliphatic rings. The molecule has 0 aromatic carbocycles. The highest BCUT2D eigenvalue weighted by atomic mass is 79.9. The quantitative estimate of drug-likeness (QED) is 0.695. The van der Waals surface area contributed by atoms with E-state index in [1.54, 1.807) is 29.4 Å². The van der Waals surface area contributed by atoms with Crippen LogP contribution in [-0.4, -0.2) is 22.8 Å². The summed E-state index contributed by atoms with van der Waals surface area (Å²) in [5, 5.41) is 2.37. The van der Waals surface area contributed by atoms with Gasteiger partial charge in [-0.1, -0.05) is 25.4 Å². The molecule has 0 aliphatic carbocycles. The topological polar surface area (TPSA) is 33.2 Å². The van der Waals surface area contributed by atoms with Crippen LogP contribution < -0.4 is 0 Å². The van der Waals surface area contributed by atoms with Crippen molar-refractivity contribution in [3.05, 3.63) is 49.3 Å². The molecule has 0 saturated carbocycles. The van der Waals surface area contributed by atoms with Crippen molar-refractivity contribution in [3.8, 4) is 0 Å². The minimum Gasteiger partial charge on any atom is -0.337 e. The van der Waals surface area contributed by atoms with Gasteiger partial charge in [-0.15, -0.1) is 11.3 Å². The number of carbonyl (C=O) groups excluding carboxylic acids is 1. The molecule has 2 heterocycles. The Bertz CT molecular complexity index is 657. The highest BCUT2D eigenvalue weighted by molar-refractivity contribution is 9.10. The van der Waals surface area contributed by atoms with Crippen LogP contribution in [0.1, 0.15) is 40.7 Å². The Balaban J connectivity index is 2.19. The molecule has 0 spiro atoms. The van der Waals surface area contributed by atoms with E-state index in [-0.39, 0.29) is 11.8 Å². The van der Waals surface area contributed by atoms with Gasteiger partial charge in [-0.05, 0) is 40.0 Å². The Kier molecular flexibility index (Phi) is 5.41. The van der Waals surface area contributed by atoms with Crippen LogP contribution in [0.4, 0.5) is 0 Å². The highest BCUT2D eigenvalue weighted by Gasteiger charge is 2.16. The maximum Gasteiger partial charge on any atom is 0.254 e. The number of aromatic nitrogens is 1. The minimum atomic E-state index is -0.0503. The van der Waals surface area contributed by atoms with Crippen LogP contribution in [0.5, 0.6) is 0 Å². The van der Waals surface area contributed by atoms with Gasteiger partial charge in [0, 0.05) is 33.0 Å². The summed E-state index contributed by atoms with van der Waals surface area (Å²) in [7, 11) is 1.79. The Morgan fingerprint density at radius 3 is 2.71 bits per heavy atom. The van der Waals surface area contributed by atoms with Crippen molar-refractivity contribution >= 4 is 44.8 Å². The molecule has 3 nitrogen and oxygen atoms in total. The third kappa shape index (κ3) is 4.28. The van der Waals surface area contributed by atoms with Gasteiger partial charge >= 0.3 is 0 Å². The molecule has 2 aromatic rings. The lowest BCUT2D eigenvalue weighted by Crippen LogP contribution is -2.26. The minimum absolute atomic E-state index is 0.0503. The first-order valence-electron chi connectivity index (χ1n) is 6.52. The number of rotatable bonds is 4. The Hall–Kier alpha value is -0.910. The van der Waals surface area contributed by atoms with Crippen molar-refractivity contribution in [1.29, 1.82) is 0 Å². The van der Waals surface area contributed by atoms with Crippen LogP contribution in [0.25, 0.3) is 0 Å². The van der Waals surface area contributed by atoms with E-state index < -0.39 is 0 Å². The molecule has 0 unspecified atom stereocenters. The predicted octanol–water partition coefficient (Wildman–Crippen LogP) is 4.95. The van der Waals surface area contributed by atoms with Crippen LogP contribution in [0.2, 0.25) is 5.15 Å². The fourth-order valence-electron chi connectivity index (χ4n) is 1.90. The predicted molar refractivity (Wildman–Crippen MR) is 91.2 cm³/mol. The lowest BCUT2D eigenvalue weighted by molar-refractivity contribution is 0.0786. The van der Waals surface area contributed by atoms with E-state index in [1.807, 2.05) is 31.4 Å². The molecule has 0 fully saturated rings. The summed E-state index contributed by atoms with van der Waals surface area (Å²) >= 11 is 11.1. The summed E-state index contributed by atoms with van der Waals surface area (Å²) in [4.78, 5) is 19.6. The van der Waals surface area contributed by atoms with Gasteiger partial charge in [-0.2, -0.15) is 0 Å². The molecular formula is C15H16BrClN2OS. The van der Waals surface area contributed by atoms with Gasteiger partial charge in [0.25, 0.3) is 5.91 Å². The number of nitrogens with zero attached hydrogens (tertiary/aromatic N) is 2. The van der Waals surface area contributed by atoms with Gasteiger partial charge in [-0.3, -0.25) is 4.79 Å². The third-order valence-electron chi connectivity index (χ3n) is 3.01. The molecule has 0 N–H and O–H groups in total. The lowest BCUT2D eigenvalue weighted by Gasteiger charge is -2.17. The van der Waals surface area contributed by atoms with Crippen molar-refractivity contribution in [2.24, 2.45) is 0 Å². The standard InChI is InChI=1S/C15H16BrClN2OS/c1-9(2)13-4-10(5-14(17)18-13)15(20)19(3)7-12-6-11(16)8-21-12/h4-6,8-9H,7H2,1-3H3. The number of pyridine rings is 1. The molecule has 0 radical (unpaired) electrons. The van der Waals surface area contributed by atoms with E-state index in [4.69, 9.17) is 11.6 Å². The van der Waals surface area contributed by atoms with Gasteiger partial charge in [0.2, 0.25) is 0 Å². The first-order chi connectivity index (χ1) is 9.86. The van der Waals surface area contributed by atoms with Gasteiger partial charge < -0.3 is 4.90 Å². The monoisotopic (exact) mass is 386 g/mol. The van der Waals surface area contributed by atoms with E-state index >= 15 is 0 Å². The second-order valence-corrected chi connectivity index (χ2v) is 7.45. The van der Waals surface area contributed by atoms with Crippen molar-refractivity contribution < 1.29 is 4.79 Å². The average Bonchev–Trinajstić information content (AvgIpc) is 2.82. The van der Waals surface area contributed by atoms with Crippen molar-refractivity contribution in [1.82, 2.24) is 9.88 Å². The Morgan fingerprint density at radius 1 is 1.43 bits per heavy atom. The fraction of sp³-hybridized carbons (Fsp3) is 0.333. The third-order valence-corrected chi connectivity index (χ3v) is 4.89. The maximum absolute atomic E-state index is 12.5. The van der Waals surface area contributed by atoms with E-state index in [0.29, 0.717) is 17.3 Å². The van der Waals surface area contributed by atoms with Crippen molar-refractivity contribution in [2.75, 3.05) is 7.05 Å². The van der Waals surface area contributed by atoms with Gasteiger partial charge in [0.05, 0.1) is 6.54 Å². The Labute approximate surface area is 142 Å². The van der Waals surface area contributed by atoms with Crippen LogP contribution >= 0.6 is 38.9 Å². The van der Waals surface area contributed by atoms with Crippen molar-refractivity contribution in [3.63, 3.8) is 0 Å². The normalized spacial score (nSPS) is 11.0. The van der Waals surface area contributed by atoms with E-state index in [9.17, 15) is 4.79 Å². The first kappa shape index (κ1) is 16.5. The second kappa shape index (κ2) is 6.90. The number of carbonyl (C=O) groups is 1. The number of thiophene rings is 1. The first-order valence-corrected chi connectivity index (χ1v) is 8.57. The average molecular weight is 388 g/mol. The Morgan fingerprint density at radius 2 is 2.14 bits per heavy atom. The zero-order valence-electron chi connectivity index (χ0n) is 12.1. The molecular weight excluding hydrogens is 372 g/mol. The molecule has 2 rings (SSSR count). The lowest BCUT2D eigenvalue weighted by atomic mass is 10.1. The van der Waals surface area contributed by atoms with Gasteiger partial charge in [0.1, 0.15) is 5.15 Å². The molecule has 112 valence electrons. The van der Waals surface area contributed by atoms with Gasteiger partial charge in [0.15, 0.2) is 0 Å². The molecule has 0 saturated heterocycles. The maximum atomic E-state index is 12.5. The summed E-state index contributed by atoms with van der Waals surface area (Å²) < 4.78 is 1.04. The molecule has 21 heavy (non-hydrogen) atoms. The smallest absolute Gasteiger partial charge is 0.254 e. The summed E-state index contributed by atoms with van der Waals surface area (Å²) in [5.41, 5.74) is 1.41. The van der Waals surface area contributed by atoms with Crippen LogP contribution in [0, 0.1) is 0 Å². The zero-order chi connectivity index (χ0) is 15.6. The number of halogens is 2. The summed E-state index contributed by atoms with van der Waals surface area (Å²) in [6, 6.07) is 5.46.